The van der Waals surface area contributed by atoms with Gasteiger partial charge in [-0.15, -0.1) is 0 Å². The normalized spacial score (nSPS) is 15.8. The molecule has 1 aliphatic rings. The Balaban J connectivity index is 2.13. The molecule has 9 nitrogen and oxygen atoms in total. The van der Waals surface area contributed by atoms with Gasteiger partial charge < -0.3 is 14.5 Å². The number of halogens is 1. The molecule has 1 aromatic heterocycles. The fourth-order valence-electron chi connectivity index (χ4n) is 3.31. The molecule has 2 heterocycles. The Hall–Kier alpha value is -2.39. The van der Waals surface area contributed by atoms with E-state index in [9.17, 15) is 14.9 Å². The van der Waals surface area contributed by atoms with Crippen molar-refractivity contribution >= 4 is 17.6 Å². The minimum absolute atomic E-state index is 0.114. The standard InChI is InChI=1S/C20H30ClN5O4/c1-5-15(3)30-19(27)9-10-24-13-17(26(28)29)20(23(4)14-24)25(6-2)12-16-7-8-18(21)22-11-16/h7-8,11,15H,5-6,9-10,12-14H2,1-4H3. The summed E-state index contributed by atoms with van der Waals surface area (Å²) in [6.07, 6.45) is 2.51. The highest BCUT2D eigenvalue weighted by Crippen LogP contribution is 2.24. The summed E-state index contributed by atoms with van der Waals surface area (Å²) < 4.78 is 5.29. The summed E-state index contributed by atoms with van der Waals surface area (Å²) in [4.78, 5) is 33.3. The van der Waals surface area contributed by atoms with Crippen molar-refractivity contribution in [2.45, 2.75) is 46.3 Å². The summed E-state index contributed by atoms with van der Waals surface area (Å²) in [7, 11) is 1.82. The van der Waals surface area contributed by atoms with Crippen LogP contribution in [-0.4, -0.2) is 70.0 Å². The summed E-state index contributed by atoms with van der Waals surface area (Å²) >= 11 is 5.85. The maximum Gasteiger partial charge on any atom is 0.307 e. The van der Waals surface area contributed by atoms with Crippen LogP contribution in [0.2, 0.25) is 5.15 Å². The van der Waals surface area contributed by atoms with Crippen LogP contribution in [0, 0.1) is 10.1 Å². The lowest BCUT2D eigenvalue weighted by Gasteiger charge is -2.39. The van der Waals surface area contributed by atoms with Crippen molar-refractivity contribution in [1.82, 2.24) is 19.7 Å². The lowest BCUT2D eigenvalue weighted by molar-refractivity contribution is -0.433. The van der Waals surface area contributed by atoms with Crippen LogP contribution in [0.25, 0.3) is 0 Å². The van der Waals surface area contributed by atoms with E-state index in [1.807, 2.05) is 48.6 Å². The highest BCUT2D eigenvalue weighted by Gasteiger charge is 2.34. The third-order valence-electron chi connectivity index (χ3n) is 5.01. The first-order valence-corrected chi connectivity index (χ1v) is 10.5. The predicted octanol–water partition coefficient (Wildman–Crippen LogP) is 2.94. The third kappa shape index (κ3) is 6.56. The van der Waals surface area contributed by atoms with Crippen molar-refractivity contribution < 1.29 is 14.5 Å². The number of hydrogen-bond donors (Lipinski definition) is 0. The Morgan fingerprint density at radius 2 is 2.17 bits per heavy atom. The Morgan fingerprint density at radius 3 is 2.73 bits per heavy atom. The highest BCUT2D eigenvalue weighted by molar-refractivity contribution is 6.29. The van der Waals surface area contributed by atoms with Gasteiger partial charge >= 0.3 is 5.97 Å². The monoisotopic (exact) mass is 439 g/mol. The molecule has 1 unspecified atom stereocenters. The smallest absolute Gasteiger partial charge is 0.307 e. The van der Waals surface area contributed by atoms with Crippen LogP contribution in [-0.2, 0) is 16.1 Å². The first-order valence-electron chi connectivity index (χ1n) is 10.1. The average Bonchev–Trinajstić information content (AvgIpc) is 2.71. The second-order valence-corrected chi connectivity index (χ2v) is 7.77. The first-order chi connectivity index (χ1) is 14.2. The van der Waals surface area contributed by atoms with Crippen LogP contribution in [0.4, 0.5) is 0 Å². The fraction of sp³-hybridized carbons (Fsp3) is 0.600. The van der Waals surface area contributed by atoms with Gasteiger partial charge in [0.15, 0.2) is 5.82 Å². The molecule has 0 fully saturated rings. The number of ether oxygens (including phenoxy) is 1. The van der Waals surface area contributed by atoms with Crippen LogP contribution in [0.3, 0.4) is 0 Å². The summed E-state index contributed by atoms with van der Waals surface area (Å²) in [5, 5.41) is 12.2. The molecule has 0 saturated carbocycles. The third-order valence-corrected chi connectivity index (χ3v) is 5.23. The lowest BCUT2D eigenvalue weighted by atomic mass is 10.2. The summed E-state index contributed by atoms with van der Waals surface area (Å²) in [6, 6.07) is 3.57. The van der Waals surface area contributed by atoms with Gasteiger partial charge in [-0.05, 0) is 31.9 Å². The van der Waals surface area contributed by atoms with Crippen molar-refractivity contribution in [1.29, 1.82) is 0 Å². The molecule has 0 amide bonds. The molecule has 166 valence electrons. The van der Waals surface area contributed by atoms with E-state index in [2.05, 4.69) is 4.98 Å². The molecule has 2 rings (SSSR count). The van der Waals surface area contributed by atoms with Gasteiger partial charge in [-0.3, -0.25) is 19.8 Å². The van der Waals surface area contributed by atoms with E-state index >= 15 is 0 Å². The van der Waals surface area contributed by atoms with Crippen molar-refractivity contribution in [3.05, 3.63) is 50.7 Å². The molecule has 0 radical (unpaired) electrons. The Morgan fingerprint density at radius 1 is 1.43 bits per heavy atom. The van der Waals surface area contributed by atoms with Crippen molar-refractivity contribution in [3.8, 4) is 0 Å². The van der Waals surface area contributed by atoms with Crippen LogP contribution >= 0.6 is 11.6 Å². The van der Waals surface area contributed by atoms with Crippen molar-refractivity contribution in [3.63, 3.8) is 0 Å². The zero-order chi connectivity index (χ0) is 22.3. The molecule has 1 atom stereocenters. The van der Waals surface area contributed by atoms with Crippen molar-refractivity contribution in [2.24, 2.45) is 0 Å². The van der Waals surface area contributed by atoms with E-state index in [-0.39, 0.29) is 35.7 Å². The van der Waals surface area contributed by atoms with Crippen LogP contribution in [0.5, 0.6) is 0 Å². The number of esters is 1. The molecule has 1 aliphatic heterocycles. The second-order valence-electron chi connectivity index (χ2n) is 7.38. The van der Waals surface area contributed by atoms with Crippen LogP contribution < -0.4 is 0 Å². The van der Waals surface area contributed by atoms with Gasteiger partial charge in [0.2, 0.25) is 0 Å². The van der Waals surface area contributed by atoms with Gasteiger partial charge in [-0.25, -0.2) is 4.98 Å². The van der Waals surface area contributed by atoms with E-state index in [4.69, 9.17) is 16.3 Å². The number of aromatic nitrogens is 1. The molecular formula is C20H30ClN5O4. The summed E-state index contributed by atoms with van der Waals surface area (Å²) in [6.45, 7) is 7.89. The molecule has 0 N–H and O–H groups in total. The van der Waals surface area contributed by atoms with Gasteiger partial charge in [0, 0.05) is 32.9 Å². The Kier molecular flexibility index (Phi) is 8.86. The molecule has 0 bridgehead atoms. The minimum Gasteiger partial charge on any atom is -0.463 e. The molecule has 1 aromatic rings. The van der Waals surface area contributed by atoms with Gasteiger partial charge in [0.05, 0.1) is 30.7 Å². The van der Waals surface area contributed by atoms with Crippen molar-refractivity contribution in [2.75, 3.05) is 33.4 Å². The first kappa shape index (κ1) is 23.9. The zero-order valence-corrected chi connectivity index (χ0v) is 18.8. The molecule has 30 heavy (non-hydrogen) atoms. The minimum atomic E-state index is -0.335. The quantitative estimate of drug-likeness (QED) is 0.238. The molecule has 10 heteroatoms. The number of nitrogens with zero attached hydrogens (tertiary/aromatic N) is 5. The van der Waals surface area contributed by atoms with Gasteiger partial charge in [0.1, 0.15) is 5.15 Å². The van der Waals surface area contributed by atoms with E-state index in [0.29, 0.717) is 37.3 Å². The summed E-state index contributed by atoms with van der Waals surface area (Å²) in [5.41, 5.74) is 1.03. The molecular weight excluding hydrogens is 410 g/mol. The molecule has 0 aromatic carbocycles. The van der Waals surface area contributed by atoms with E-state index < -0.39 is 0 Å². The van der Waals surface area contributed by atoms with Crippen LogP contribution in [0.1, 0.15) is 39.2 Å². The number of carbonyl (C=O) groups is 1. The van der Waals surface area contributed by atoms with Gasteiger partial charge in [-0.2, -0.15) is 0 Å². The highest BCUT2D eigenvalue weighted by atomic mass is 35.5. The predicted molar refractivity (Wildman–Crippen MR) is 114 cm³/mol. The largest absolute Gasteiger partial charge is 0.463 e. The number of carbonyl (C=O) groups excluding carboxylic acids is 1. The average molecular weight is 440 g/mol. The Labute approximate surface area is 182 Å². The zero-order valence-electron chi connectivity index (χ0n) is 18.0. The van der Waals surface area contributed by atoms with Gasteiger partial charge in [0.25, 0.3) is 5.70 Å². The van der Waals surface area contributed by atoms with E-state index in [1.165, 1.54) is 0 Å². The van der Waals surface area contributed by atoms with Gasteiger partial charge in [-0.1, -0.05) is 24.6 Å². The number of pyridine rings is 1. The maximum atomic E-state index is 12.0. The summed E-state index contributed by atoms with van der Waals surface area (Å²) in [5.74, 6) is 0.297. The Bertz CT molecular complexity index is 771. The number of hydrogen-bond acceptors (Lipinski definition) is 8. The van der Waals surface area contributed by atoms with Crippen LogP contribution in [0.15, 0.2) is 29.8 Å². The fourth-order valence-corrected chi connectivity index (χ4v) is 3.42. The molecule has 0 spiro atoms. The topological polar surface area (TPSA) is 92.0 Å². The molecule has 0 aliphatic carbocycles. The molecule has 0 saturated heterocycles. The number of rotatable bonds is 10. The second kappa shape index (κ2) is 11.1. The SMILES string of the molecule is CCC(C)OC(=O)CCN1CC([N+](=O)[O-])=C(N(CC)Cc2ccc(Cl)nc2)N(C)C1. The van der Waals surface area contributed by atoms with E-state index in [1.54, 1.807) is 12.3 Å². The van der Waals surface area contributed by atoms with E-state index in [0.717, 1.165) is 12.0 Å². The number of nitro groups is 1. The lowest BCUT2D eigenvalue weighted by Crippen LogP contribution is -2.48. The maximum absolute atomic E-state index is 12.0.